The molecule has 2 aromatic heterocycles. The summed E-state index contributed by atoms with van der Waals surface area (Å²) in [4.78, 5) is 37.4. The Morgan fingerprint density at radius 3 is 2.21 bits per heavy atom. The van der Waals surface area contributed by atoms with Crippen LogP contribution in [0.2, 0.25) is 0 Å². The molecule has 0 N–H and O–H groups in total. The van der Waals surface area contributed by atoms with Crippen LogP contribution >= 0.6 is 22.7 Å². The summed E-state index contributed by atoms with van der Waals surface area (Å²) in [5.74, 6) is 0.665. The van der Waals surface area contributed by atoms with Gasteiger partial charge in [-0.25, -0.2) is 15.0 Å². The van der Waals surface area contributed by atoms with Gasteiger partial charge in [-0.15, -0.1) is 0 Å². The van der Waals surface area contributed by atoms with E-state index in [1.165, 1.54) is 46.9 Å². The maximum Gasteiger partial charge on any atom is 0.270 e. The van der Waals surface area contributed by atoms with Gasteiger partial charge in [0.15, 0.2) is 5.13 Å². The van der Waals surface area contributed by atoms with E-state index in [1.807, 2.05) is 29.2 Å². The largest absolute Gasteiger partial charge is 0.297 e. The minimum absolute atomic E-state index is 0.00626. The fourth-order valence-electron chi connectivity index (χ4n) is 3.83. The molecule has 1 aliphatic rings. The van der Waals surface area contributed by atoms with E-state index in [1.54, 1.807) is 12.1 Å². The Morgan fingerprint density at radius 1 is 0.853 bits per heavy atom. The molecule has 0 bridgehead atoms. The summed E-state index contributed by atoms with van der Waals surface area (Å²) in [6.07, 6.45) is 0. The van der Waals surface area contributed by atoms with Gasteiger partial charge < -0.3 is 0 Å². The number of hydrogen-bond acceptors (Lipinski definition) is 9. The molecule has 166 valence electrons. The first-order valence-electron chi connectivity index (χ1n) is 10.0. The molecule has 0 radical (unpaired) electrons. The number of anilines is 1. The van der Waals surface area contributed by atoms with Gasteiger partial charge in [0.1, 0.15) is 5.84 Å². The second-order valence-electron chi connectivity index (χ2n) is 7.49. The van der Waals surface area contributed by atoms with Gasteiger partial charge >= 0.3 is 0 Å². The Hall–Kier alpha value is -4.29. The quantitative estimate of drug-likeness (QED) is 0.230. The van der Waals surface area contributed by atoms with Crippen LogP contribution in [-0.4, -0.2) is 25.7 Å². The Labute approximate surface area is 198 Å². The van der Waals surface area contributed by atoms with Crippen LogP contribution in [0.5, 0.6) is 0 Å². The first kappa shape index (κ1) is 20.3. The van der Waals surface area contributed by atoms with Crippen molar-refractivity contribution in [2.75, 3.05) is 4.90 Å². The van der Waals surface area contributed by atoms with Crippen molar-refractivity contribution in [3.05, 3.63) is 92.0 Å². The SMILES string of the molecule is O=[N+]([O-])c1ccc2nc(N=C3c4ccccc4CN3c3nc4ccc([N+](=O)[O-])cc4s3)sc2c1. The zero-order valence-corrected chi connectivity index (χ0v) is 18.7. The highest BCUT2D eigenvalue weighted by Crippen LogP contribution is 2.38. The van der Waals surface area contributed by atoms with Crippen LogP contribution < -0.4 is 4.90 Å². The van der Waals surface area contributed by atoms with Gasteiger partial charge in [0, 0.05) is 29.8 Å². The van der Waals surface area contributed by atoms with Gasteiger partial charge in [-0.2, -0.15) is 0 Å². The third kappa shape index (κ3) is 3.36. The number of hydrogen-bond donors (Lipinski definition) is 0. The van der Waals surface area contributed by atoms with Crippen molar-refractivity contribution >= 4 is 70.6 Å². The van der Waals surface area contributed by atoms with Crippen molar-refractivity contribution in [1.29, 1.82) is 0 Å². The number of fused-ring (bicyclic) bond motifs is 3. The number of non-ortho nitro benzene ring substituents is 2. The number of benzene rings is 3. The van der Waals surface area contributed by atoms with Crippen LogP contribution in [0.1, 0.15) is 11.1 Å². The number of nitro benzene ring substituents is 2. The van der Waals surface area contributed by atoms with Gasteiger partial charge in [0.25, 0.3) is 11.4 Å². The van der Waals surface area contributed by atoms with E-state index >= 15 is 0 Å². The number of thiazole rings is 2. The monoisotopic (exact) mass is 488 g/mol. The molecule has 0 spiro atoms. The molecule has 34 heavy (non-hydrogen) atoms. The summed E-state index contributed by atoms with van der Waals surface area (Å²) in [6.45, 7) is 0.549. The standard InChI is InChI=1S/C22H12N6O4S2/c29-27(30)13-5-7-16-18(9-13)33-21(23-16)25-20-15-4-2-1-3-12(15)11-26(20)22-24-17-8-6-14(28(31)32)10-19(17)34-22/h1-10H,11H2. The van der Waals surface area contributed by atoms with Crippen molar-refractivity contribution < 1.29 is 9.85 Å². The lowest BCUT2D eigenvalue weighted by Gasteiger charge is -2.14. The molecule has 10 nitrogen and oxygen atoms in total. The van der Waals surface area contributed by atoms with E-state index in [-0.39, 0.29) is 11.4 Å². The van der Waals surface area contributed by atoms with Crippen LogP contribution in [0.15, 0.2) is 65.7 Å². The normalized spacial score (nSPS) is 14.2. The molecule has 0 amide bonds. The molecule has 0 unspecified atom stereocenters. The summed E-state index contributed by atoms with van der Waals surface area (Å²) >= 11 is 2.63. The van der Waals surface area contributed by atoms with E-state index in [2.05, 4.69) is 4.98 Å². The zero-order valence-electron chi connectivity index (χ0n) is 17.1. The lowest BCUT2D eigenvalue weighted by molar-refractivity contribution is -0.384. The van der Waals surface area contributed by atoms with Gasteiger partial charge in [-0.3, -0.25) is 25.1 Å². The third-order valence-corrected chi connectivity index (χ3v) is 7.37. The fraction of sp³-hybridized carbons (Fsp3) is 0.0455. The highest BCUT2D eigenvalue weighted by Gasteiger charge is 2.29. The number of aromatic nitrogens is 2. The lowest BCUT2D eigenvalue weighted by atomic mass is 10.1. The van der Waals surface area contributed by atoms with Crippen molar-refractivity contribution in [1.82, 2.24) is 9.97 Å². The van der Waals surface area contributed by atoms with Crippen LogP contribution in [-0.2, 0) is 6.54 Å². The van der Waals surface area contributed by atoms with Gasteiger partial charge in [-0.05, 0) is 17.7 Å². The molecule has 12 heteroatoms. The maximum atomic E-state index is 11.2. The smallest absolute Gasteiger partial charge is 0.270 e. The second kappa shape index (κ2) is 7.64. The van der Waals surface area contributed by atoms with Crippen molar-refractivity contribution in [2.45, 2.75) is 6.54 Å². The van der Waals surface area contributed by atoms with Crippen LogP contribution in [0.3, 0.4) is 0 Å². The Balaban J connectivity index is 1.46. The Bertz CT molecular complexity index is 1670. The van der Waals surface area contributed by atoms with Crippen LogP contribution in [0.25, 0.3) is 20.4 Å². The van der Waals surface area contributed by atoms with E-state index in [4.69, 9.17) is 9.98 Å². The molecule has 1 aliphatic heterocycles. The summed E-state index contributed by atoms with van der Waals surface area (Å²) in [5, 5.41) is 23.4. The molecule has 0 saturated heterocycles. The highest BCUT2D eigenvalue weighted by molar-refractivity contribution is 7.22. The van der Waals surface area contributed by atoms with Crippen molar-refractivity contribution in [3.63, 3.8) is 0 Å². The molecule has 5 aromatic rings. The number of nitrogens with zero attached hydrogens (tertiary/aromatic N) is 6. The predicted molar refractivity (Wildman–Crippen MR) is 131 cm³/mol. The zero-order chi connectivity index (χ0) is 23.4. The van der Waals surface area contributed by atoms with E-state index in [9.17, 15) is 20.2 Å². The molecule has 0 atom stereocenters. The topological polar surface area (TPSA) is 128 Å². The molecular formula is C22H12N6O4S2. The lowest BCUT2D eigenvalue weighted by Crippen LogP contribution is -2.23. The van der Waals surface area contributed by atoms with Crippen molar-refractivity contribution in [2.24, 2.45) is 4.99 Å². The molecular weight excluding hydrogens is 476 g/mol. The van der Waals surface area contributed by atoms with Gasteiger partial charge in [-0.1, -0.05) is 46.9 Å². The average molecular weight is 489 g/mol. The van der Waals surface area contributed by atoms with Crippen LogP contribution in [0.4, 0.5) is 21.6 Å². The highest BCUT2D eigenvalue weighted by atomic mass is 32.1. The minimum Gasteiger partial charge on any atom is -0.297 e. The summed E-state index contributed by atoms with van der Waals surface area (Å²) < 4.78 is 1.39. The summed E-state index contributed by atoms with van der Waals surface area (Å²) in [7, 11) is 0. The number of amidine groups is 1. The first-order chi connectivity index (χ1) is 16.5. The van der Waals surface area contributed by atoms with Gasteiger partial charge in [0.05, 0.1) is 36.8 Å². The summed E-state index contributed by atoms with van der Waals surface area (Å²) in [6, 6.07) is 17.0. The van der Waals surface area contributed by atoms with Gasteiger partial charge in [0.2, 0.25) is 5.13 Å². The van der Waals surface area contributed by atoms with E-state index < -0.39 is 9.85 Å². The number of rotatable bonds is 4. The second-order valence-corrected chi connectivity index (χ2v) is 9.51. The molecule has 3 heterocycles. The third-order valence-electron chi connectivity index (χ3n) is 5.42. The number of aliphatic imine (C=N–C) groups is 1. The van der Waals surface area contributed by atoms with Crippen LogP contribution in [0, 0.1) is 20.2 Å². The summed E-state index contributed by atoms with van der Waals surface area (Å²) in [5.41, 5.74) is 3.35. The molecule has 0 fully saturated rings. The predicted octanol–water partition coefficient (Wildman–Crippen LogP) is 5.82. The first-order valence-corrected chi connectivity index (χ1v) is 11.6. The molecule has 0 saturated carbocycles. The molecule has 3 aromatic carbocycles. The minimum atomic E-state index is -0.433. The van der Waals surface area contributed by atoms with E-state index in [0.29, 0.717) is 43.1 Å². The molecule has 0 aliphatic carbocycles. The Morgan fingerprint density at radius 2 is 1.50 bits per heavy atom. The Kier molecular flexibility index (Phi) is 4.57. The number of nitro groups is 2. The molecule has 6 rings (SSSR count). The van der Waals surface area contributed by atoms with Crippen molar-refractivity contribution in [3.8, 4) is 0 Å². The average Bonchev–Trinajstić information content (AvgIpc) is 3.52. The maximum absolute atomic E-state index is 11.2. The fourth-order valence-corrected chi connectivity index (χ4v) is 5.70. The van der Waals surface area contributed by atoms with E-state index in [0.717, 1.165) is 11.1 Å².